The summed E-state index contributed by atoms with van der Waals surface area (Å²) in [6.45, 7) is 4.66. The predicted molar refractivity (Wildman–Crippen MR) is 131 cm³/mol. The van der Waals surface area contributed by atoms with Gasteiger partial charge < -0.3 is 9.64 Å². The zero-order valence-electron chi connectivity index (χ0n) is 19.9. The van der Waals surface area contributed by atoms with E-state index in [1.807, 2.05) is 12.1 Å². The number of nitrogens with zero attached hydrogens (tertiary/aromatic N) is 3. The SMILES string of the molecule is COc1cccc(C2CCCN2C(=O)CN2CCCC2C2CCCN2Cc2ccccc2)c1. The van der Waals surface area contributed by atoms with E-state index in [9.17, 15) is 4.79 Å². The summed E-state index contributed by atoms with van der Waals surface area (Å²) >= 11 is 0. The molecule has 2 aromatic carbocycles. The first-order valence-electron chi connectivity index (χ1n) is 12.7. The summed E-state index contributed by atoms with van der Waals surface area (Å²) in [7, 11) is 1.70. The third kappa shape index (κ3) is 4.95. The van der Waals surface area contributed by atoms with Gasteiger partial charge in [0.25, 0.3) is 0 Å². The molecular formula is C28H37N3O2. The molecule has 3 heterocycles. The van der Waals surface area contributed by atoms with Crippen LogP contribution in [0.1, 0.15) is 55.7 Å². The van der Waals surface area contributed by atoms with Gasteiger partial charge in [0.1, 0.15) is 5.75 Å². The lowest BCUT2D eigenvalue weighted by atomic mass is 10.0. The lowest BCUT2D eigenvalue weighted by molar-refractivity contribution is -0.133. The molecule has 3 aliphatic heterocycles. The van der Waals surface area contributed by atoms with Crippen LogP contribution in [0, 0.1) is 0 Å². The second-order valence-electron chi connectivity index (χ2n) is 9.87. The molecule has 3 atom stereocenters. The highest BCUT2D eigenvalue weighted by atomic mass is 16.5. The Balaban J connectivity index is 1.25. The van der Waals surface area contributed by atoms with Crippen molar-refractivity contribution in [3.05, 3.63) is 65.7 Å². The standard InChI is InChI=1S/C28H37N3O2/c1-33-24-12-5-11-23(19-24)25-13-8-18-31(25)28(32)21-30-17-7-15-27(30)26-14-6-16-29(26)20-22-9-3-2-4-10-22/h2-5,9-12,19,25-27H,6-8,13-18,20-21H2,1H3. The van der Waals surface area contributed by atoms with E-state index in [-0.39, 0.29) is 6.04 Å². The summed E-state index contributed by atoms with van der Waals surface area (Å²) in [5.74, 6) is 1.16. The van der Waals surface area contributed by atoms with Crippen LogP contribution in [0.4, 0.5) is 0 Å². The maximum atomic E-state index is 13.5. The average Bonchev–Trinajstić information content (AvgIpc) is 3.60. The summed E-state index contributed by atoms with van der Waals surface area (Å²) in [5, 5.41) is 0. The van der Waals surface area contributed by atoms with Crippen LogP contribution >= 0.6 is 0 Å². The molecule has 3 aliphatic rings. The number of likely N-dealkylation sites (tertiary alicyclic amines) is 3. The van der Waals surface area contributed by atoms with Crippen LogP contribution in [-0.2, 0) is 11.3 Å². The van der Waals surface area contributed by atoms with Gasteiger partial charge in [-0.15, -0.1) is 0 Å². The highest BCUT2D eigenvalue weighted by Gasteiger charge is 2.39. The van der Waals surface area contributed by atoms with E-state index in [1.165, 1.54) is 43.4 Å². The van der Waals surface area contributed by atoms with Gasteiger partial charge in [-0.05, 0) is 74.9 Å². The fourth-order valence-electron chi connectivity index (χ4n) is 6.31. The highest BCUT2D eigenvalue weighted by Crippen LogP contribution is 2.35. The summed E-state index contributed by atoms with van der Waals surface area (Å²) in [4.78, 5) is 20.8. The van der Waals surface area contributed by atoms with Crippen LogP contribution in [0.2, 0.25) is 0 Å². The Morgan fingerprint density at radius 3 is 2.39 bits per heavy atom. The Labute approximate surface area is 198 Å². The molecule has 0 N–H and O–H groups in total. The molecule has 0 spiro atoms. The van der Waals surface area contributed by atoms with Gasteiger partial charge >= 0.3 is 0 Å². The number of benzene rings is 2. The minimum Gasteiger partial charge on any atom is -0.497 e. The number of carbonyl (C=O) groups excluding carboxylic acids is 1. The van der Waals surface area contributed by atoms with Crippen molar-refractivity contribution in [3.63, 3.8) is 0 Å². The predicted octanol–water partition coefficient (Wildman–Crippen LogP) is 4.49. The number of hydrogen-bond donors (Lipinski definition) is 0. The molecule has 5 rings (SSSR count). The molecule has 1 amide bonds. The second-order valence-corrected chi connectivity index (χ2v) is 9.87. The highest BCUT2D eigenvalue weighted by molar-refractivity contribution is 5.79. The van der Waals surface area contributed by atoms with Crippen molar-refractivity contribution in [3.8, 4) is 5.75 Å². The Morgan fingerprint density at radius 1 is 0.879 bits per heavy atom. The van der Waals surface area contributed by atoms with E-state index >= 15 is 0 Å². The van der Waals surface area contributed by atoms with Crippen molar-refractivity contribution in [1.82, 2.24) is 14.7 Å². The first-order chi connectivity index (χ1) is 16.2. The van der Waals surface area contributed by atoms with E-state index < -0.39 is 0 Å². The molecule has 0 bridgehead atoms. The maximum Gasteiger partial charge on any atom is 0.237 e. The van der Waals surface area contributed by atoms with Crippen LogP contribution in [0.5, 0.6) is 5.75 Å². The maximum absolute atomic E-state index is 13.5. The van der Waals surface area contributed by atoms with Gasteiger partial charge in [0.15, 0.2) is 0 Å². The Kier molecular flexibility index (Phi) is 6.98. The third-order valence-electron chi connectivity index (χ3n) is 7.89. The van der Waals surface area contributed by atoms with Gasteiger partial charge in [-0.1, -0.05) is 42.5 Å². The zero-order valence-corrected chi connectivity index (χ0v) is 19.9. The molecule has 2 aromatic rings. The normalized spacial score (nSPS) is 26.2. The third-order valence-corrected chi connectivity index (χ3v) is 7.89. The topological polar surface area (TPSA) is 36.0 Å². The van der Waals surface area contributed by atoms with Crippen LogP contribution in [-0.4, -0.2) is 66.0 Å². The van der Waals surface area contributed by atoms with E-state index in [4.69, 9.17) is 4.74 Å². The number of rotatable bonds is 7. The Morgan fingerprint density at radius 2 is 1.61 bits per heavy atom. The molecule has 0 radical (unpaired) electrons. The molecule has 3 unspecified atom stereocenters. The zero-order chi connectivity index (χ0) is 22.6. The molecule has 3 fully saturated rings. The Bertz CT molecular complexity index is 934. The monoisotopic (exact) mass is 447 g/mol. The Hall–Kier alpha value is -2.37. The van der Waals surface area contributed by atoms with Crippen LogP contribution < -0.4 is 4.74 Å². The minimum absolute atomic E-state index is 0.176. The van der Waals surface area contributed by atoms with Crippen molar-refractivity contribution in [2.75, 3.05) is 33.3 Å². The summed E-state index contributed by atoms with van der Waals surface area (Å²) in [5.41, 5.74) is 2.59. The van der Waals surface area contributed by atoms with Gasteiger partial charge in [0, 0.05) is 25.2 Å². The van der Waals surface area contributed by atoms with Crippen LogP contribution in [0.3, 0.4) is 0 Å². The molecule has 5 nitrogen and oxygen atoms in total. The molecule has 0 aromatic heterocycles. The fraction of sp³-hybridized carbons (Fsp3) is 0.536. The van der Waals surface area contributed by atoms with Crippen LogP contribution in [0.25, 0.3) is 0 Å². The van der Waals surface area contributed by atoms with Crippen LogP contribution in [0.15, 0.2) is 54.6 Å². The second kappa shape index (κ2) is 10.3. The number of hydrogen-bond acceptors (Lipinski definition) is 4. The lowest BCUT2D eigenvalue weighted by Gasteiger charge is -2.36. The molecule has 0 saturated carbocycles. The summed E-state index contributed by atoms with van der Waals surface area (Å²) < 4.78 is 5.43. The molecule has 176 valence electrons. The fourth-order valence-corrected chi connectivity index (χ4v) is 6.31. The smallest absolute Gasteiger partial charge is 0.237 e. The van der Waals surface area contributed by atoms with E-state index in [0.29, 0.717) is 24.5 Å². The number of methoxy groups -OCH3 is 1. The van der Waals surface area contributed by atoms with Gasteiger partial charge in [-0.2, -0.15) is 0 Å². The van der Waals surface area contributed by atoms with Crippen molar-refractivity contribution in [1.29, 1.82) is 0 Å². The quantitative estimate of drug-likeness (QED) is 0.627. The first-order valence-corrected chi connectivity index (χ1v) is 12.7. The molecule has 3 saturated heterocycles. The van der Waals surface area contributed by atoms with Gasteiger partial charge in [-0.3, -0.25) is 14.6 Å². The van der Waals surface area contributed by atoms with Crippen molar-refractivity contribution in [2.45, 2.75) is 63.2 Å². The number of amides is 1. The number of carbonyl (C=O) groups is 1. The van der Waals surface area contributed by atoms with Crippen molar-refractivity contribution < 1.29 is 9.53 Å². The lowest BCUT2D eigenvalue weighted by Crippen LogP contribution is -2.49. The van der Waals surface area contributed by atoms with E-state index in [1.54, 1.807) is 7.11 Å². The van der Waals surface area contributed by atoms with Crippen molar-refractivity contribution >= 4 is 5.91 Å². The average molecular weight is 448 g/mol. The van der Waals surface area contributed by atoms with Gasteiger partial charge in [0.05, 0.1) is 19.7 Å². The molecule has 5 heteroatoms. The minimum atomic E-state index is 0.176. The van der Waals surface area contributed by atoms with Gasteiger partial charge in [0.2, 0.25) is 5.91 Å². The summed E-state index contributed by atoms with van der Waals surface area (Å²) in [6, 6.07) is 20.3. The first kappa shape index (κ1) is 22.4. The largest absolute Gasteiger partial charge is 0.497 e. The molecular weight excluding hydrogens is 410 g/mol. The molecule has 0 aliphatic carbocycles. The van der Waals surface area contributed by atoms with Gasteiger partial charge in [-0.25, -0.2) is 0 Å². The molecule has 33 heavy (non-hydrogen) atoms. The van der Waals surface area contributed by atoms with Crippen molar-refractivity contribution in [2.24, 2.45) is 0 Å². The van der Waals surface area contributed by atoms with E-state index in [2.05, 4.69) is 57.2 Å². The number of ether oxygens (including phenoxy) is 1. The summed E-state index contributed by atoms with van der Waals surface area (Å²) in [6.07, 6.45) is 7.04. The van der Waals surface area contributed by atoms with E-state index in [0.717, 1.165) is 38.2 Å².